The standard InChI is InChI=1S/C28H13F5N4S4/c1-12-10-13(2-4-16(12)29)18-6-8-20(38-18)22-24-26(36-40-34-24)23(27-25(22)35-41-37-27)21-9-7-19(39-21)14-3-5-17(30)15(11-14)28(31,32)33/h2-11H,1H3. The number of benzene rings is 3. The van der Waals surface area contributed by atoms with Crippen LogP contribution in [-0.4, -0.2) is 8.75 Å². The van der Waals surface area contributed by atoms with Crippen LogP contribution in [0, 0.1) is 18.6 Å². The second-order valence-electron chi connectivity index (χ2n) is 9.16. The number of hydrogen-bond acceptors (Lipinski definition) is 7. The Balaban J connectivity index is 1.35. The Bertz CT molecular complexity index is 2080. The molecule has 6 aromatic rings. The number of aromatic nitrogens is 2. The Hall–Kier alpha value is -3.65. The molecule has 0 N–H and O–H groups in total. The van der Waals surface area contributed by atoms with Crippen molar-refractivity contribution in [2.75, 3.05) is 0 Å². The maximum Gasteiger partial charge on any atom is 0.419 e. The van der Waals surface area contributed by atoms with Crippen molar-refractivity contribution in [2.24, 2.45) is 8.73 Å². The number of alkyl halides is 3. The molecule has 3 aromatic carbocycles. The van der Waals surface area contributed by atoms with E-state index in [1.165, 1.54) is 34.8 Å². The van der Waals surface area contributed by atoms with E-state index in [2.05, 4.69) is 17.5 Å². The molecule has 3 aromatic heterocycles. The molecule has 204 valence electrons. The third kappa shape index (κ3) is 4.43. The molecule has 0 spiro atoms. The Kier molecular flexibility index (Phi) is 6.23. The van der Waals surface area contributed by atoms with Gasteiger partial charge in [-0.2, -0.15) is 30.6 Å². The van der Waals surface area contributed by atoms with Gasteiger partial charge in [-0.1, -0.05) is 12.1 Å². The van der Waals surface area contributed by atoms with Gasteiger partial charge in [0, 0.05) is 30.6 Å². The van der Waals surface area contributed by atoms with Crippen molar-refractivity contribution in [3.63, 3.8) is 0 Å². The van der Waals surface area contributed by atoms with Gasteiger partial charge in [0.25, 0.3) is 0 Å². The van der Waals surface area contributed by atoms with Crippen molar-refractivity contribution < 1.29 is 22.0 Å². The molecule has 0 radical (unpaired) electrons. The van der Waals surface area contributed by atoms with Crippen molar-refractivity contribution in [2.45, 2.75) is 13.1 Å². The molecule has 13 heteroatoms. The number of rotatable bonds is 4. The molecule has 7 rings (SSSR count). The quantitative estimate of drug-likeness (QED) is 0.182. The first-order chi connectivity index (χ1) is 19.7. The van der Waals surface area contributed by atoms with Gasteiger partial charge in [-0.05, 0) is 72.1 Å². The molecular weight excluding hydrogens is 616 g/mol. The van der Waals surface area contributed by atoms with Gasteiger partial charge in [0.05, 0.1) is 28.6 Å². The lowest BCUT2D eigenvalue weighted by atomic mass is 10.0. The lowest BCUT2D eigenvalue weighted by Crippen LogP contribution is -2.07. The monoisotopic (exact) mass is 628 g/mol. The average Bonchev–Trinajstić information content (AvgIpc) is 3.75. The summed E-state index contributed by atoms with van der Waals surface area (Å²) in [5.74, 6) is -1.57. The van der Waals surface area contributed by atoms with Crippen molar-refractivity contribution >= 4 is 68.2 Å². The van der Waals surface area contributed by atoms with E-state index in [4.69, 9.17) is 0 Å². The fourth-order valence-electron chi connectivity index (χ4n) is 4.67. The number of aryl methyl sites for hydroxylation is 1. The van der Waals surface area contributed by atoms with Gasteiger partial charge in [-0.25, -0.2) is 8.78 Å². The second-order valence-corrected chi connectivity index (χ2v) is 12.4. The minimum Gasteiger partial charge on any atom is -0.207 e. The lowest BCUT2D eigenvalue weighted by Gasteiger charge is -2.10. The van der Waals surface area contributed by atoms with E-state index in [0.717, 1.165) is 61.0 Å². The van der Waals surface area contributed by atoms with Crippen molar-refractivity contribution in [1.29, 1.82) is 0 Å². The van der Waals surface area contributed by atoms with E-state index >= 15 is 0 Å². The third-order valence-corrected chi connectivity index (χ3v) is 9.99. The van der Waals surface area contributed by atoms with Crippen LogP contribution in [0.5, 0.6) is 0 Å². The largest absolute Gasteiger partial charge is 0.419 e. The molecule has 0 unspecified atom stereocenters. The van der Waals surface area contributed by atoms with Crippen LogP contribution in [-0.2, 0) is 17.5 Å². The molecule has 0 saturated heterocycles. The predicted octanol–water partition coefficient (Wildman–Crippen LogP) is 10.8. The average molecular weight is 629 g/mol. The Labute approximate surface area is 245 Å². The van der Waals surface area contributed by atoms with Gasteiger partial charge in [0.2, 0.25) is 0 Å². The second kappa shape index (κ2) is 9.72. The highest BCUT2D eigenvalue weighted by molar-refractivity contribution is 7.58. The summed E-state index contributed by atoms with van der Waals surface area (Å²) in [5.41, 5.74) is 4.41. The van der Waals surface area contributed by atoms with Crippen LogP contribution in [0.15, 0.2) is 69.4 Å². The maximum atomic E-state index is 13.9. The fourth-order valence-corrected chi connectivity index (χ4v) is 7.89. The first-order valence-corrected chi connectivity index (χ1v) is 15.0. The van der Waals surface area contributed by atoms with Gasteiger partial charge < -0.3 is 0 Å². The van der Waals surface area contributed by atoms with Gasteiger partial charge >= 0.3 is 6.18 Å². The van der Waals surface area contributed by atoms with Crippen LogP contribution in [0.3, 0.4) is 0 Å². The molecular formula is C28H13F5N4S4. The lowest BCUT2D eigenvalue weighted by molar-refractivity contribution is -0.139. The molecule has 0 atom stereocenters. The van der Waals surface area contributed by atoms with E-state index < -0.39 is 17.6 Å². The molecule has 41 heavy (non-hydrogen) atoms. The zero-order valence-corrected chi connectivity index (χ0v) is 23.9. The molecule has 0 amide bonds. The topological polar surface area (TPSA) is 50.5 Å². The number of fused-ring (bicyclic) bond motifs is 2. The molecule has 1 aliphatic heterocycles. The van der Waals surface area contributed by atoms with E-state index in [1.807, 2.05) is 12.1 Å². The van der Waals surface area contributed by atoms with Gasteiger partial charge in [-0.15, -0.1) is 22.7 Å². The van der Waals surface area contributed by atoms with Gasteiger partial charge in [0.1, 0.15) is 34.0 Å². The maximum absolute atomic E-state index is 13.9. The Morgan fingerprint density at radius 2 is 1.15 bits per heavy atom. The summed E-state index contributed by atoms with van der Waals surface area (Å²) >= 11 is 4.89. The van der Waals surface area contributed by atoms with Crippen LogP contribution in [0.25, 0.3) is 52.8 Å². The fraction of sp³-hybridized carbons (Fsp3) is 0.0714. The summed E-state index contributed by atoms with van der Waals surface area (Å²) in [7, 11) is 0. The third-order valence-electron chi connectivity index (χ3n) is 6.63. The molecule has 0 bridgehead atoms. The van der Waals surface area contributed by atoms with Crippen LogP contribution >= 0.6 is 34.4 Å². The van der Waals surface area contributed by atoms with E-state index in [-0.39, 0.29) is 11.4 Å². The zero-order chi connectivity index (χ0) is 28.5. The molecule has 4 heterocycles. The summed E-state index contributed by atoms with van der Waals surface area (Å²) < 4.78 is 86.0. The van der Waals surface area contributed by atoms with Crippen molar-refractivity contribution in [3.05, 3.63) is 83.4 Å². The van der Waals surface area contributed by atoms with Crippen LogP contribution in [0.1, 0.15) is 11.1 Å². The van der Waals surface area contributed by atoms with Crippen LogP contribution in [0.4, 0.5) is 33.3 Å². The Morgan fingerprint density at radius 3 is 1.68 bits per heavy atom. The smallest absolute Gasteiger partial charge is 0.207 e. The summed E-state index contributed by atoms with van der Waals surface area (Å²) in [5, 5.41) is 0. The van der Waals surface area contributed by atoms with Crippen LogP contribution < -0.4 is 0 Å². The van der Waals surface area contributed by atoms with Crippen LogP contribution in [0.2, 0.25) is 0 Å². The summed E-state index contributed by atoms with van der Waals surface area (Å²) in [6.07, 6.45) is -4.80. The van der Waals surface area contributed by atoms with Gasteiger partial charge in [0.15, 0.2) is 0 Å². The van der Waals surface area contributed by atoms with Crippen molar-refractivity contribution in [3.8, 4) is 41.8 Å². The number of thiophene rings is 2. The minimum atomic E-state index is -4.80. The SMILES string of the molecule is Cc1cc(-c2ccc(-c3c4c(c(-c5ccc(-c6ccc(F)c(C(F)(F)F)c6)s5)c5nsnc35)N=S=N4)s2)ccc1F. The first-order valence-electron chi connectivity index (χ1n) is 11.9. The highest BCUT2D eigenvalue weighted by atomic mass is 32.1. The summed E-state index contributed by atoms with van der Waals surface area (Å²) in [6, 6.07) is 15.4. The first kappa shape index (κ1) is 26.3. The Morgan fingerprint density at radius 1 is 0.634 bits per heavy atom. The highest BCUT2D eigenvalue weighted by Crippen LogP contribution is 2.54. The summed E-state index contributed by atoms with van der Waals surface area (Å²) in [4.78, 5) is 3.13. The van der Waals surface area contributed by atoms with E-state index in [9.17, 15) is 22.0 Å². The molecule has 0 fully saturated rings. The summed E-state index contributed by atoms with van der Waals surface area (Å²) in [6.45, 7) is 1.72. The molecule has 0 saturated carbocycles. The zero-order valence-electron chi connectivity index (χ0n) is 20.6. The number of hydrogen-bond donors (Lipinski definition) is 0. The minimum absolute atomic E-state index is 0.258. The van der Waals surface area contributed by atoms with E-state index in [0.29, 0.717) is 38.4 Å². The number of halogens is 5. The van der Waals surface area contributed by atoms with Gasteiger partial charge in [-0.3, -0.25) is 0 Å². The predicted molar refractivity (Wildman–Crippen MR) is 156 cm³/mol. The molecule has 0 aliphatic carbocycles. The van der Waals surface area contributed by atoms with Crippen molar-refractivity contribution in [1.82, 2.24) is 8.75 Å². The normalized spacial score (nSPS) is 12.7. The van der Waals surface area contributed by atoms with E-state index in [1.54, 1.807) is 31.2 Å². The highest BCUT2D eigenvalue weighted by Gasteiger charge is 2.34. The molecule has 1 aliphatic rings. The molecule has 4 nitrogen and oxygen atoms in total. The number of nitrogens with zero attached hydrogens (tertiary/aromatic N) is 4.